The lowest BCUT2D eigenvalue weighted by Gasteiger charge is -2.23. The number of amides is 2. The maximum atomic E-state index is 13.5. The van der Waals surface area contributed by atoms with E-state index in [2.05, 4.69) is 23.5 Å². The Kier molecular flexibility index (Phi) is 5.68. The fourth-order valence-corrected chi connectivity index (χ4v) is 4.42. The van der Waals surface area contributed by atoms with Crippen molar-refractivity contribution in [3.8, 4) is 11.1 Å². The maximum Gasteiger partial charge on any atom is 0.258 e. The van der Waals surface area contributed by atoms with Crippen LogP contribution in [0, 0.1) is 0 Å². The monoisotopic (exact) mass is 452 g/mol. The quantitative estimate of drug-likeness (QED) is 0.387. The molecule has 0 radical (unpaired) electrons. The van der Waals surface area contributed by atoms with Gasteiger partial charge in [0, 0.05) is 23.4 Å². The van der Waals surface area contributed by atoms with Crippen LogP contribution >= 0.6 is 11.6 Å². The number of halogens is 1. The molecule has 4 aromatic carbocycles. The largest absolute Gasteiger partial charge is 0.322 e. The molecule has 2 amide bonds. The molecule has 1 aliphatic rings. The highest BCUT2D eigenvalue weighted by Crippen LogP contribution is 2.36. The summed E-state index contributed by atoms with van der Waals surface area (Å²) in [4.78, 5) is 27.8. The third-order valence-corrected chi connectivity index (χ3v) is 6.19. The predicted octanol–water partition coefficient (Wildman–Crippen LogP) is 6.46. The molecule has 1 aliphatic heterocycles. The second-order valence-electron chi connectivity index (χ2n) is 7.89. The zero-order chi connectivity index (χ0) is 22.8. The van der Waals surface area contributed by atoms with E-state index in [0.29, 0.717) is 28.4 Å². The fraction of sp³-hybridized carbons (Fsp3) is 0.0714. The fourth-order valence-electron chi connectivity index (χ4n) is 4.20. The van der Waals surface area contributed by atoms with E-state index in [1.165, 1.54) is 11.1 Å². The van der Waals surface area contributed by atoms with Gasteiger partial charge in [0.1, 0.15) is 0 Å². The Labute approximate surface area is 197 Å². The molecule has 0 unspecified atom stereocenters. The van der Waals surface area contributed by atoms with Crippen molar-refractivity contribution in [3.05, 3.63) is 119 Å². The molecule has 4 aromatic rings. The van der Waals surface area contributed by atoms with E-state index in [0.717, 1.165) is 17.7 Å². The van der Waals surface area contributed by atoms with Gasteiger partial charge in [-0.1, -0.05) is 66.2 Å². The molecule has 0 aromatic heterocycles. The van der Waals surface area contributed by atoms with Crippen LogP contribution in [-0.4, -0.2) is 18.4 Å². The average Bonchev–Trinajstić information content (AvgIpc) is 3.01. The summed E-state index contributed by atoms with van der Waals surface area (Å²) in [5, 5.41) is 3.23. The van der Waals surface area contributed by atoms with Crippen LogP contribution in [0.3, 0.4) is 0 Å². The summed E-state index contributed by atoms with van der Waals surface area (Å²) in [5.74, 6) is -0.363. The van der Waals surface area contributed by atoms with E-state index < -0.39 is 0 Å². The molecule has 0 saturated heterocycles. The zero-order valence-corrected chi connectivity index (χ0v) is 18.5. The molecule has 0 spiro atoms. The first-order valence-corrected chi connectivity index (χ1v) is 11.1. The summed E-state index contributed by atoms with van der Waals surface area (Å²) >= 11 is 6.12. The van der Waals surface area contributed by atoms with Crippen molar-refractivity contribution in [2.75, 3.05) is 16.8 Å². The SMILES string of the molecule is O=C(Nc1ccc(C(=O)N2CCc3ccccc3-c3ccccc32)cc1)c1ccccc1Cl. The first kappa shape index (κ1) is 21.0. The predicted molar refractivity (Wildman–Crippen MR) is 133 cm³/mol. The van der Waals surface area contributed by atoms with Crippen molar-refractivity contribution in [1.29, 1.82) is 0 Å². The van der Waals surface area contributed by atoms with Crippen LogP contribution < -0.4 is 10.2 Å². The number of benzene rings is 4. The summed E-state index contributed by atoms with van der Waals surface area (Å²) in [6.45, 7) is 0.595. The molecule has 33 heavy (non-hydrogen) atoms. The molecule has 0 fully saturated rings. The number of nitrogens with zero attached hydrogens (tertiary/aromatic N) is 1. The Morgan fingerprint density at radius 1 is 0.758 bits per heavy atom. The highest BCUT2D eigenvalue weighted by Gasteiger charge is 2.24. The summed E-state index contributed by atoms with van der Waals surface area (Å²) in [6.07, 6.45) is 0.780. The molecule has 162 valence electrons. The Morgan fingerprint density at radius 3 is 2.21 bits per heavy atom. The molecule has 1 N–H and O–H groups in total. The normalized spacial score (nSPS) is 12.3. The van der Waals surface area contributed by atoms with E-state index in [4.69, 9.17) is 11.6 Å². The van der Waals surface area contributed by atoms with Crippen molar-refractivity contribution in [2.45, 2.75) is 6.42 Å². The molecule has 0 atom stereocenters. The van der Waals surface area contributed by atoms with Crippen LogP contribution in [0.4, 0.5) is 11.4 Å². The van der Waals surface area contributed by atoms with Gasteiger partial charge in [0.2, 0.25) is 0 Å². The van der Waals surface area contributed by atoms with Crippen molar-refractivity contribution in [3.63, 3.8) is 0 Å². The number of carbonyl (C=O) groups excluding carboxylic acids is 2. The Hall–Kier alpha value is -3.89. The highest BCUT2D eigenvalue weighted by atomic mass is 35.5. The van der Waals surface area contributed by atoms with Gasteiger partial charge in [0.25, 0.3) is 11.8 Å². The van der Waals surface area contributed by atoms with Crippen molar-refractivity contribution in [2.24, 2.45) is 0 Å². The summed E-state index contributed by atoms with van der Waals surface area (Å²) in [7, 11) is 0. The molecule has 1 heterocycles. The minimum absolute atomic E-state index is 0.0702. The summed E-state index contributed by atoms with van der Waals surface area (Å²) < 4.78 is 0. The number of carbonyl (C=O) groups is 2. The van der Waals surface area contributed by atoms with Gasteiger partial charge in [0.15, 0.2) is 0 Å². The average molecular weight is 453 g/mol. The summed E-state index contributed by atoms with van der Waals surface area (Å²) in [5.41, 5.74) is 5.93. The number of hydrogen-bond donors (Lipinski definition) is 1. The van der Waals surface area contributed by atoms with Gasteiger partial charge in [0.05, 0.1) is 16.3 Å². The molecule has 4 nitrogen and oxygen atoms in total. The molecule has 0 saturated carbocycles. The van der Waals surface area contributed by atoms with Crippen LogP contribution in [0.25, 0.3) is 11.1 Å². The molecule has 0 bridgehead atoms. The Balaban J connectivity index is 1.39. The van der Waals surface area contributed by atoms with Gasteiger partial charge in [-0.3, -0.25) is 9.59 Å². The number of hydrogen-bond acceptors (Lipinski definition) is 2. The number of para-hydroxylation sites is 1. The van der Waals surface area contributed by atoms with Gasteiger partial charge in [-0.2, -0.15) is 0 Å². The first-order chi connectivity index (χ1) is 16.1. The van der Waals surface area contributed by atoms with E-state index >= 15 is 0 Å². The van der Waals surface area contributed by atoms with Crippen LogP contribution in [0.5, 0.6) is 0 Å². The second kappa shape index (κ2) is 8.93. The van der Waals surface area contributed by atoms with Crippen LogP contribution in [-0.2, 0) is 6.42 Å². The third kappa shape index (κ3) is 4.13. The van der Waals surface area contributed by atoms with Gasteiger partial charge in [-0.05, 0) is 60.0 Å². The Morgan fingerprint density at radius 2 is 1.42 bits per heavy atom. The standard InChI is InChI=1S/C28H21ClN2O2/c29-25-11-5-3-10-24(25)27(32)30-21-15-13-20(14-16-21)28(33)31-18-17-19-7-1-2-8-22(19)23-9-4-6-12-26(23)31/h1-16H,17-18H2,(H,30,32). The van der Waals surface area contributed by atoms with Crippen molar-refractivity contribution in [1.82, 2.24) is 0 Å². The van der Waals surface area contributed by atoms with Crippen LogP contribution in [0.1, 0.15) is 26.3 Å². The Bertz CT molecular complexity index is 1350. The van der Waals surface area contributed by atoms with Gasteiger partial charge >= 0.3 is 0 Å². The van der Waals surface area contributed by atoms with Crippen molar-refractivity contribution < 1.29 is 9.59 Å². The minimum Gasteiger partial charge on any atom is -0.322 e. The first-order valence-electron chi connectivity index (χ1n) is 10.8. The lowest BCUT2D eigenvalue weighted by atomic mass is 9.98. The number of rotatable bonds is 3. The number of fused-ring (bicyclic) bond motifs is 3. The lowest BCUT2D eigenvalue weighted by molar-refractivity contribution is 0.0986. The molecule has 5 heteroatoms. The molecule has 5 rings (SSSR count). The molecule has 0 aliphatic carbocycles. The zero-order valence-electron chi connectivity index (χ0n) is 17.8. The summed E-state index contributed by atoms with van der Waals surface area (Å²) in [6, 6.07) is 30.2. The van der Waals surface area contributed by atoms with E-state index in [1.807, 2.05) is 35.2 Å². The maximum absolute atomic E-state index is 13.5. The van der Waals surface area contributed by atoms with E-state index in [-0.39, 0.29) is 11.8 Å². The van der Waals surface area contributed by atoms with Crippen LogP contribution in [0.2, 0.25) is 5.02 Å². The lowest BCUT2D eigenvalue weighted by Crippen LogP contribution is -2.32. The topological polar surface area (TPSA) is 49.4 Å². The van der Waals surface area contributed by atoms with E-state index in [9.17, 15) is 9.59 Å². The molecular weight excluding hydrogens is 432 g/mol. The van der Waals surface area contributed by atoms with Gasteiger partial charge in [-0.25, -0.2) is 0 Å². The third-order valence-electron chi connectivity index (χ3n) is 5.86. The number of anilines is 2. The smallest absolute Gasteiger partial charge is 0.258 e. The van der Waals surface area contributed by atoms with Gasteiger partial charge in [-0.15, -0.1) is 0 Å². The van der Waals surface area contributed by atoms with Gasteiger partial charge < -0.3 is 10.2 Å². The molecular formula is C28H21ClN2O2. The number of nitrogens with one attached hydrogen (secondary N) is 1. The van der Waals surface area contributed by atoms with E-state index in [1.54, 1.807) is 48.5 Å². The van der Waals surface area contributed by atoms with Crippen molar-refractivity contribution >= 4 is 34.8 Å². The highest BCUT2D eigenvalue weighted by molar-refractivity contribution is 6.34. The minimum atomic E-state index is -0.293. The van der Waals surface area contributed by atoms with Crippen LogP contribution in [0.15, 0.2) is 97.1 Å². The second-order valence-corrected chi connectivity index (χ2v) is 8.30.